The van der Waals surface area contributed by atoms with Gasteiger partial charge in [0.05, 0.1) is 16.5 Å². The molecule has 3 N–H and O–H groups in total. The first-order valence-electron chi connectivity index (χ1n) is 5.53. The molecule has 92 valence electrons. The highest BCUT2D eigenvalue weighted by molar-refractivity contribution is 7.80. The SMILES string of the molecule is COC(C)CNC(=O)C1(C(N)=S)CC(C)C1. The summed E-state index contributed by atoms with van der Waals surface area (Å²) >= 11 is 5.00. The van der Waals surface area contributed by atoms with Crippen molar-refractivity contribution in [1.29, 1.82) is 0 Å². The Bertz CT molecular complexity index is 288. The van der Waals surface area contributed by atoms with Crippen LogP contribution in [-0.2, 0) is 9.53 Å². The zero-order valence-electron chi connectivity index (χ0n) is 10.1. The van der Waals surface area contributed by atoms with Gasteiger partial charge in [0.15, 0.2) is 0 Å². The van der Waals surface area contributed by atoms with Gasteiger partial charge in [-0.1, -0.05) is 19.1 Å². The number of hydrogen-bond donors (Lipinski definition) is 2. The van der Waals surface area contributed by atoms with E-state index in [2.05, 4.69) is 12.2 Å². The maximum absolute atomic E-state index is 12.0. The fourth-order valence-corrected chi connectivity index (χ4v) is 2.38. The molecule has 1 aliphatic carbocycles. The predicted molar refractivity (Wildman–Crippen MR) is 67.1 cm³/mol. The highest BCUT2D eigenvalue weighted by Gasteiger charge is 2.50. The topological polar surface area (TPSA) is 64.3 Å². The summed E-state index contributed by atoms with van der Waals surface area (Å²) in [6.45, 7) is 4.49. The van der Waals surface area contributed by atoms with E-state index in [0.29, 0.717) is 17.5 Å². The molecule has 5 heteroatoms. The molecule has 1 amide bonds. The minimum absolute atomic E-state index is 0.00449. The summed E-state index contributed by atoms with van der Waals surface area (Å²) in [4.78, 5) is 12.3. The molecule has 0 saturated heterocycles. The standard InChI is InChI=1S/C11H20N2O2S/c1-7-4-11(5-7,9(12)16)10(14)13-6-8(2)15-3/h7-8H,4-6H2,1-3H3,(H2,12,16)(H,13,14). The minimum Gasteiger partial charge on any atom is -0.392 e. The van der Waals surface area contributed by atoms with E-state index in [9.17, 15) is 4.79 Å². The second kappa shape index (κ2) is 5.10. The molecule has 0 spiro atoms. The Labute approximate surface area is 102 Å². The van der Waals surface area contributed by atoms with Crippen LogP contribution in [0.2, 0.25) is 0 Å². The summed E-state index contributed by atoms with van der Waals surface area (Å²) in [6, 6.07) is 0. The lowest BCUT2D eigenvalue weighted by Crippen LogP contribution is -2.56. The van der Waals surface area contributed by atoms with E-state index in [1.807, 2.05) is 6.92 Å². The number of ether oxygens (including phenoxy) is 1. The minimum atomic E-state index is -0.609. The van der Waals surface area contributed by atoms with Gasteiger partial charge in [-0.2, -0.15) is 0 Å². The Morgan fingerprint density at radius 3 is 2.62 bits per heavy atom. The number of rotatable bonds is 5. The summed E-state index contributed by atoms with van der Waals surface area (Å²) < 4.78 is 5.07. The Morgan fingerprint density at radius 2 is 2.25 bits per heavy atom. The van der Waals surface area contributed by atoms with Crippen molar-refractivity contribution in [1.82, 2.24) is 5.32 Å². The van der Waals surface area contributed by atoms with Crippen molar-refractivity contribution in [3.63, 3.8) is 0 Å². The Balaban J connectivity index is 2.54. The third-order valence-corrected chi connectivity index (χ3v) is 3.64. The van der Waals surface area contributed by atoms with Crippen molar-refractivity contribution in [2.45, 2.75) is 32.8 Å². The number of carbonyl (C=O) groups is 1. The quantitative estimate of drug-likeness (QED) is 0.703. The van der Waals surface area contributed by atoms with Crippen LogP contribution in [0.25, 0.3) is 0 Å². The average Bonchev–Trinajstić information content (AvgIpc) is 2.19. The zero-order valence-corrected chi connectivity index (χ0v) is 10.9. The van der Waals surface area contributed by atoms with Crippen LogP contribution in [-0.4, -0.2) is 30.7 Å². The fourth-order valence-electron chi connectivity index (χ4n) is 2.12. The molecule has 0 radical (unpaired) electrons. The molecule has 0 aromatic heterocycles. The lowest BCUT2D eigenvalue weighted by Gasteiger charge is -2.44. The molecule has 0 bridgehead atoms. The third-order valence-electron chi connectivity index (χ3n) is 3.25. The van der Waals surface area contributed by atoms with E-state index in [4.69, 9.17) is 22.7 Å². The maximum atomic E-state index is 12.0. The zero-order chi connectivity index (χ0) is 12.3. The molecule has 1 atom stereocenters. The second-order valence-corrected chi connectivity index (χ2v) is 5.16. The molecule has 1 aliphatic rings. The van der Waals surface area contributed by atoms with Gasteiger partial charge in [-0.05, 0) is 25.7 Å². The lowest BCUT2D eigenvalue weighted by molar-refractivity contribution is -0.133. The molecule has 1 saturated carbocycles. The Hall–Kier alpha value is -0.680. The molecule has 4 nitrogen and oxygen atoms in total. The number of hydrogen-bond acceptors (Lipinski definition) is 3. The number of methoxy groups -OCH3 is 1. The molecule has 1 fully saturated rings. The van der Waals surface area contributed by atoms with E-state index in [0.717, 1.165) is 12.8 Å². The molecular formula is C11H20N2O2S. The first-order chi connectivity index (χ1) is 7.42. The van der Waals surface area contributed by atoms with E-state index in [-0.39, 0.29) is 12.0 Å². The van der Waals surface area contributed by atoms with Gasteiger partial charge in [-0.25, -0.2) is 0 Å². The summed E-state index contributed by atoms with van der Waals surface area (Å²) in [5.74, 6) is 0.467. The molecule has 0 aromatic rings. The van der Waals surface area contributed by atoms with Crippen LogP contribution >= 0.6 is 12.2 Å². The molecular weight excluding hydrogens is 224 g/mol. The van der Waals surface area contributed by atoms with Crippen LogP contribution in [0.4, 0.5) is 0 Å². The largest absolute Gasteiger partial charge is 0.392 e. The molecule has 0 heterocycles. The smallest absolute Gasteiger partial charge is 0.233 e. The van der Waals surface area contributed by atoms with Crippen LogP contribution < -0.4 is 11.1 Å². The fraction of sp³-hybridized carbons (Fsp3) is 0.818. The van der Waals surface area contributed by atoms with Crippen molar-refractivity contribution >= 4 is 23.1 Å². The Kier molecular flexibility index (Phi) is 4.27. The van der Waals surface area contributed by atoms with Crippen LogP contribution in [0, 0.1) is 11.3 Å². The maximum Gasteiger partial charge on any atom is 0.233 e. The van der Waals surface area contributed by atoms with E-state index in [1.165, 1.54) is 0 Å². The number of nitrogens with two attached hydrogens (primary N) is 1. The van der Waals surface area contributed by atoms with Crippen molar-refractivity contribution in [3.05, 3.63) is 0 Å². The van der Waals surface area contributed by atoms with E-state index < -0.39 is 5.41 Å². The summed E-state index contributed by atoms with van der Waals surface area (Å²) in [5.41, 5.74) is 5.07. The molecule has 0 aromatic carbocycles. The van der Waals surface area contributed by atoms with Gasteiger partial charge in [0.2, 0.25) is 5.91 Å². The first kappa shape index (κ1) is 13.4. The monoisotopic (exact) mass is 244 g/mol. The van der Waals surface area contributed by atoms with Gasteiger partial charge in [-0.3, -0.25) is 4.79 Å². The third kappa shape index (κ3) is 2.52. The van der Waals surface area contributed by atoms with Gasteiger partial charge in [0, 0.05) is 13.7 Å². The van der Waals surface area contributed by atoms with E-state index >= 15 is 0 Å². The second-order valence-electron chi connectivity index (χ2n) is 4.72. The first-order valence-corrected chi connectivity index (χ1v) is 5.94. The van der Waals surface area contributed by atoms with Gasteiger partial charge in [-0.15, -0.1) is 0 Å². The normalized spacial score (nSPS) is 30.3. The number of thiocarbonyl (C=S) groups is 1. The van der Waals surface area contributed by atoms with Crippen LogP contribution in [0.1, 0.15) is 26.7 Å². The van der Waals surface area contributed by atoms with Crippen LogP contribution in [0.15, 0.2) is 0 Å². The van der Waals surface area contributed by atoms with Crippen molar-refractivity contribution in [2.24, 2.45) is 17.1 Å². The molecule has 0 aliphatic heterocycles. The van der Waals surface area contributed by atoms with Crippen LogP contribution in [0.3, 0.4) is 0 Å². The van der Waals surface area contributed by atoms with Gasteiger partial charge in [0.1, 0.15) is 0 Å². The van der Waals surface area contributed by atoms with Gasteiger partial charge >= 0.3 is 0 Å². The summed E-state index contributed by atoms with van der Waals surface area (Å²) in [7, 11) is 1.62. The summed E-state index contributed by atoms with van der Waals surface area (Å²) in [6.07, 6.45) is 1.52. The van der Waals surface area contributed by atoms with Crippen molar-refractivity contribution in [2.75, 3.05) is 13.7 Å². The van der Waals surface area contributed by atoms with Gasteiger partial charge < -0.3 is 15.8 Å². The molecule has 16 heavy (non-hydrogen) atoms. The number of amides is 1. The number of nitrogens with one attached hydrogen (secondary N) is 1. The Morgan fingerprint density at radius 1 is 1.69 bits per heavy atom. The molecule has 1 unspecified atom stereocenters. The van der Waals surface area contributed by atoms with Crippen molar-refractivity contribution in [3.8, 4) is 0 Å². The highest BCUT2D eigenvalue weighted by Crippen LogP contribution is 2.45. The number of carbonyl (C=O) groups excluding carboxylic acids is 1. The lowest BCUT2D eigenvalue weighted by atomic mass is 9.62. The average molecular weight is 244 g/mol. The van der Waals surface area contributed by atoms with Crippen LogP contribution in [0.5, 0.6) is 0 Å². The van der Waals surface area contributed by atoms with Crippen molar-refractivity contribution < 1.29 is 9.53 Å². The predicted octanol–water partition coefficient (Wildman–Crippen LogP) is 0.840. The van der Waals surface area contributed by atoms with Gasteiger partial charge in [0.25, 0.3) is 0 Å². The summed E-state index contributed by atoms with van der Waals surface area (Å²) in [5, 5.41) is 2.85. The van der Waals surface area contributed by atoms with E-state index in [1.54, 1.807) is 7.11 Å². The highest BCUT2D eigenvalue weighted by atomic mass is 32.1. The molecule has 1 rings (SSSR count).